The number of fused-ring (bicyclic) bond motifs is 1. The average Bonchev–Trinajstić information content (AvgIpc) is 3.11. The van der Waals surface area contributed by atoms with Gasteiger partial charge in [-0.15, -0.1) is 0 Å². The summed E-state index contributed by atoms with van der Waals surface area (Å²) in [7, 11) is 0. The van der Waals surface area contributed by atoms with Crippen molar-refractivity contribution >= 4 is 16.9 Å². The van der Waals surface area contributed by atoms with Gasteiger partial charge in [0.05, 0.1) is 11.9 Å². The standard InChI is InChI=1S/C20H22FN5O2/c1-13-4-2-3-5-17(13)24-18(27)11-25-12-22-19-16(20(25)28)10-23-26(19)15-8-6-14(21)7-9-15/h6-10,12-13,17H,2-5,11H2,1H3,(H,24,27)/t13-,17+/m0/s1. The summed E-state index contributed by atoms with van der Waals surface area (Å²) in [5, 5.41) is 7.55. The van der Waals surface area contributed by atoms with Gasteiger partial charge in [-0.1, -0.05) is 19.8 Å². The van der Waals surface area contributed by atoms with Crippen molar-refractivity contribution in [2.75, 3.05) is 0 Å². The van der Waals surface area contributed by atoms with E-state index < -0.39 is 0 Å². The molecule has 28 heavy (non-hydrogen) atoms. The number of hydrogen-bond donors (Lipinski definition) is 1. The lowest BCUT2D eigenvalue weighted by Crippen LogP contribution is -2.43. The van der Waals surface area contributed by atoms with Gasteiger partial charge in [-0.3, -0.25) is 14.2 Å². The van der Waals surface area contributed by atoms with Gasteiger partial charge < -0.3 is 5.32 Å². The van der Waals surface area contributed by atoms with Gasteiger partial charge in [-0.25, -0.2) is 14.1 Å². The molecule has 1 fully saturated rings. The number of halogens is 1. The minimum absolute atomic E-state index is 0.0767. The largest absolute Gasteiger partial charge is 0.352 e. The van der Waals surface area contributed by atoms with Crippen LogP contribution in [0.4, 0.5) is 4.39 Å². The van der Waals surface area contributed by atoms with Gasteiger partial charge >= 0.3 is 0 Å². The molecule has 0 spiro atoms. The molecule has 0 saturated heterocycles. The molecule has 0 aliphatic heterocycles. The van der Waals surface area contributed by atoms with Crippen molar-refractivity contribution in [3.05, 3.63) is 53.0 Å². The zero-order chi connectivity index (χ0) is 19.7. The quantitative estimate of drug-likeness (QED) is 0.750. The van der Waals surface area contributed by atoms with E-state index in [2.05, 4.69) is 22.3 Å². The number of aromatic nitrogens is 4. The zero-order valence-corrected chi connectivity index (χ0v) is 15.6. The Labute approximate surface area is 161 Å². The van der Waals surface area contributed by atoms with E-state index in [4.69, 9.17) is 0 Å². The van der Waals surface area contributed by atoms with Crippen LogP contribution >= 0.6 is 0 Å². The number of nitrogens with one attached hydrogen (secondary N) is 1. The molecule has 0 radical (unpaired) electrons. The number of amides is 1. The molecule has 1 aliphatic carbocycles. The van der Waals surface area contributed by atoms with Gasteiger partial charge in [0.2, 0.25) is 5.91 Å². The Balaban J connectivity index is 1.56. The molecule has 1 saturated carbocycles. The minimum atomic E-state index is -0.353. The van der Waals surface area contributed by atoms with E-state index >= 15 is 0 Å². The molecule has 7 nitrogen and oxygen atoms in total. The first-order chi connectivity index (χ1) is 13.5. The van der Waals surface area contributed by atoms with E-state index in [1.165, 1.54) is 40.3 Å². The zero-order valence-electron chi connectivity index (χ0n) is 15.6. The average molecular weight is 383 g/mol. The highest BCUT2D eigenvalue weighted by atomic mass is 19.1. The van der Waals surface area contributed by atoms with Gasteiger partial charge in [-0.05, 0) is 43.0 Å². The van der Waals surface area contributed by atoms with Gasteiger partial charge in [0.15, 0.2) is 5.65 Å². The summed E-state index contributed by atoms with van der Waals surface area (Å²) in [6.45, 7) is 2.07. The number of carbonyl (C=O) groups excluding carboxylic acids is 1. The number of nitrogens with zero attached hydrogens (tertiary/aromatic N) is 4. The third-order valence-corrected chi connectivity index (χ3v) is 5.40. The van der Waals surface area contributed by atoms with Crippen LogP contribution in [0, 0.1) is 11.7 Å². The Morgan fingerprint density at radius 1 is 1.25 bits per heavy atom. The SMILES string of the molecule is C[C@H]1CCCC[C@H]1NC(=O)Cn1cnc2c(cnn2-c2ccc(F)cc2)c1=O. The second kappa shape index (κ2) is 7.53. The van der Waals surface area contributed by atoms with Crippen molar-refractivity contribution in [2.45, 2.75) is 45.2 Å². The Morgan fingerprint density at radius 3 is 2.75 bits per heavy atom. The summed E-state index contributed by atoms with van der Waals surface area (Å²) in [6.07, 6.45) is 7.18. The van der Waals surface area contributed by atoms with Crippen molar-refractivity contribution < 1.29 is 9.18 Å². The molecular weight excluding hydrogens is 361 g/mol. The van der Waals surface area contributed by atoms with E-state index in [9.17, 15) is 14.0 Å². The maximum absolute atomic E-state index is 13.1. The van der Waals surface area contributed by atoms with Crippen molar-refractivity contribution in [3.63, 3.8) is 0 Å². The maximum atomic E-state index is 13.1. The second-order valence-electron chi connectivity index (χ2n) is 7.38. The number of rotatable bonds is 4. The lowest BCUT2D eigenvalue weighted by atomic mass is 9.86. The Hall–Kier alpha value is -3.03. The summed E-state index contributed by atoms with van der Waals surface area (Å²) >= 11 is 0. The summed E-state index contributed by atoms with van der Waals surface area (Å²) in [4.78, 5) is 29.5. The monoisotopic (exact) mass is 383 g/mol. The van der Waals surface area contributed by atoms with E-state index in [1.807, 2.05) is 0 Å². The van der Waals surface area contributed by atoms with Gasteiger partial charge in [-0.2, -0.15) is 5.10 Å². The Bertz CT molecular complexity index is 1060. The topological polar surface area (TPSA) is 81.8 Å². The third kappa shape index (κ3) is 3.54. The first-order valence-corrected chi connectivity index (χ1v) is 9.51. The molecule has 1 aromatic carbocycles. The molecular formula is C20H22FN5O2. The van der Waals surface area contributed by atoms with E-state index in [0.29, 0.717) is 22.6 Å². The Kier molecular flexibility index (Phi) is 4.93. The van der Waals surface area contributed by atoms with Gasteiger partial charge in [0, 0.05) is 6.04 Å². The molecule has 2 heterocycles. The smallest absolute Gasteiger partial charge is 0.264 e. The molecule has 0 unspecified atom stereocenters. The van der Waals surface area contributed by atoms with Crippen LogP contribution in [0.5, 0.6) is 0 Å². The lowest BCUT2D eigenvalue weighted by molar-refractivity contribution is -0.123. The number of carbonyl (C=O) groups is 1. The molecule has 2 atom stereocenters. The van der Waals surface area contributed by atoms with Gasteiger partial charge in [0.25, 0.3) is 5.56 Å². The highest BCUT2D eigenvalue weighted by Crippen LogP contribution is 2.23. The fourth-order valence-corrected chi connectivity index (χ4v) is 3.77. The van der Waals surface area contributed by atoms with Crippen LogP contribution in [0.25, 0.3) is 16.7 Å². The molecule has 1 aliphatic rings. The lowest BCUT2D eigenvalue weighted by Gasteiger charge is -2.29. The summed E-state index contributed by atoms with van der Waals surface area (Å²) in [6, 6.07) is 5.93. The van der Waals surface area contributed by atoms with Crippen LogP contribution in [0.2, 0.25) is 0 Å². The molecule has 146 valence electrons. The predicted octanol–water partition coefficient (Wildman–Crippen LogP) is 2.42. The predicted molar refractivity (Wildman–Crippen MR) is 103 cm³/mol. The van der Waals surface area contributed by atoms with E-state index in [0.717, 1.165) is 19.3 Å². The van der Waals surface area contributed by atoms with Crippen LogP contribution in [0.15, 0.2) is 41.6 Å². The van der Waals surface area contributed by atoms with Crippen molar-refractivity contribution in [2.24, 2.45) is 5.92 Å². The van der Waals surface area contributed by atoms with E-state index in [-0.39, 0.29) is 29.9 Å². The Morgan fingerprint density at radius 2 is 2.00 bits per heavy atom. The molecule has 1 N–H and O–H groups in total. The molecule has 0 bridgehead atoms. The molecule has 1 amide bonds. The van der Waals surface area contributed by atoms with Crippen molar-refractivity contribution in [1.29, 1.82) is 0 Å². The first-order valence-electron chi connectivity index (χ1n) is 9.51. The van der Waals surface area contributed by atoms with E-state index in [1.54, 1.807) is 12.1 Å². The normalized spacial score (nSPS) is 19.6. The highest BCUT2D eigenvalue weighted by molar-refractivity contribution is 5.78. The number of hydrogen-bond acceptors (Lipinski definition) is 4. The van der Waals surface area contributed by atoms with Crippen LogP contribution < -0.4 is 10.9 Å². The summed E-state index contributed by atoms with van der Waals surface area (Å²) < 4.78 is 15.9. The van der Waals surface area contributed by atoms with Crippen LogP contribution in [-0.4, -0.2) is 31.3 Å². The summed E-state index contributed by atoms with van der Waals surface area (Å²) in [5.41, 5.74) is 0.643. The summed E-state index contributed by atoms with van der Waals surface area (Å²) in [5.74, 6) is -0.0919. The minimum Gasteiger partial charge on any atom is -0.352 e. The fraction of sp³-hybridized carbons (Fsp3) is 0.400. The van der Waals surface area contributed by atoms with Crippen LogP contribution in [0.3, 0.4) is 0 Å². The molecule has 8 heteroatoms. The first kappa shape index (κ1) is 18.3. The maximum Gasteiger partial charge on any atom is 0.264 e. The molecule has 3 aromatic rings. The second-order valence-corrected chi connectivity index (χ2v) is 7.38. The third-order valence-electron chi connectivity index (χ3n) is 5.40. The van der Waals surface area contributed by atoms with Crippen molar-refractivity contribution in [1.82, 2.24) is 24.6 Å². The molecule has 4 rings (SSSR count). The van der Waals surface area contributed by atoms with Crippen LogP contribution in [0.1, 0.15) is 32.6 Å². The highest BCUT2D eigenvalue weighted by Gasteiger charge is 2.23. The van der Waals surface area contributed by atoms with Gasteiger partial charge in [0.1, 0.15) is 24.1 Å². The molecule has 2 aromatic heterocycles. The van der Waals surface area contributed by atoms with Crippen molar-refractivity contribution in [3.8, 4) is 5.69 Å². The fourth-order valence-electron chi connectivity index (χ4n) is 3.77. The number of benzene rings is 1. The van der Waals surface area contributed by atoms with Crippen LogP contribution in [-0.2, 0) is 11.3 Å².